The van der Waals surface area contributed by atoms with Crippen LogP contribution in [0.15, 0.2) is 0 Å². The maximum absolute atomic E-state index is 12.5. The van der Waals surface area contributed by atoms with Crippen LogP contribution in [0.1, 0.15) is 19.3 Å². The number of hydrogen-bond donors (Lipinski definition) is 6. The average Bonchev–Trinajstić information content (AvgIpc) is 3.13. The number of amides is 4. The van der Waals surface area contributed by atoms with Crippen molar-refractivity contribution in [2.45, 2.75) is 48.7 Å². The van der Waals surface area contributed by atoms with Gasteiger partial charge in [0.15, 0.2) is 0 Å². The van der Waals surface area contributed by atoms with Crippen LogP contribution in [0.3, 0.4) is 0 Å². The monoisotopic (exact) mass is 466 g/mol. The molecule has 0 bridgehead atoms. The van der Waals surface area contributed by atoms with Gasteiger partial charge in [-0.25, -0.2) is 4.79 Å². The summed E-state index contributed by atoms with van der Waals surface area (Å²) in [6, 6.07) is -4.71. The smallest absolute Gasteiger partial charge is 0.480 e. The third-order valence-electron chi connectivity index (χ3n) is 4.17. The molecule has 8 N–H and O–H groups in total. The molecule has 4 amide bonds. The molecule has 1 heterocycles. The molecule has 0 aliphatic carbocycles. The summed E-state index contributed by atoms with van der Waals surface area (Å²) in [5, 5.41) is 23.0. The van der Waals surface area contributed by atoms with E-state index in [1.54, 1.807) is 0 Å². The number of aliphatic hydroxyl groups is 1. The molecule has 0 spiro atoms. The molecule has 1 aliphatic rings. The summed E-state index contributed by atoms with van der Waals surface area (Å²) in [6.07, 6.45) is 0.278. The number of aliphatic carboxylic acids is 1. The van der Waals surface area contributed by atoms with Crippen LogP contribution in [0.4, 0.5) is 0 Å². The fraction of sp³-hybridized carbons (Fsp3) is 0.667. The van der Waals surface area contributed by atoms with Crippen molar-refractivity contribution in [2.24, 2.45) is 11.5 Å². The van der Waals surface area contributed by atoms with Crippen LogP contribution in [0.2, 0.25) is 5.32 Å². The Morgan fingerprint density at radius 2 is 1.82 bits per heavy atom. The van der Waals surface area contributed by atoms with Crippen LogP contribution < -0.4 is 22.1 Å². The summed E-state index contributed by atoms with van der Waals surface area (Å²) < 4.78 is 0. The minimum Gasteiger partial charge on any atom is -0.480 e. The van der Waals surface area contributed by atoms with Gasteiger partial charge in [0.25, 0.3) is 0 Å². The van der Waals surface area contributed by atoms with Crippen molar-refractivity contribution in [2.75, 3.05) is 13.2 Å². The number of carbonyl (C=O) groups excluding carboxylic acids is 4. The van der Waals surface area contributed by atoms with E-state index in [1.165, 1.54) is 4.90 Å². The van der Waals surface area contributed by atoms with Gasteiger partial charge in [-0.2, -0.15) is 0 Å². The van der Waals surface area contributed by atoms with Gasteiger partial charge >= 0.3 is 142 Å². The standard InChI is InChI=1S/C15H24N5O7Se/c16-7(6-28)14(25)20-3-1-2-10(20)13(24)19-9(5-21)12(23)18-8(15(26)27)4-11(17)22/h7-10,21H,1-6,16H2,(H2,17,22)(H,18,23)(H,19,24)(H,26,27)/t7-,8-,9-,10-/m0/s1. The zero-order chi connectivity index (χ0) is 21.4. The van der Waals surface area contributed by atoms with E-state index in [0.29, 0.717) is 19.4 Å². The van der Waals surface area contributed by atoms with Crippen LogP contribution in [-0.4, -0.2) is 98.0 Å². The van der Waals surface area contributed by atoms with Crippen LogP contribution in [-0.2, 0) is 24.0 Å². The first-order valence-electron chi connectivity index (χ1n) is 8.49. The SMILES string of the molecule is NC(=O)C[C@H](NC(=O)[C@H](CO)NC(=O)[C@@H]1CCCN1C(=O)[C@@H](N)C[Se])C(=O)O. The molecule has 1 radical (unpaired) electrons. The Bertz CT molecular complexity index is 632. The van der Waals surface area contributed by atoms with Crippen molar-refractivity contribution in [1.82, 2.24) is 15.5 Å². The third kappa shape index (κ3) is 6.44. The van der Waals surface area contributed by atoms with E-state index in [4.69, 9.17) is 16.6 Å². The van der Waals surface area contributed by atoms with E-state index in [1.807, 2.05) is 5.32 Å². The average molecular weight is 465 g/mol. The second-order valence-corrected chi connectivity index (χ2v) is 6.98. The number of carboxylic acids is 1. The van der Waals surface area contributed by atoms with Crippen LogP contribution in [0.25, 0.3) is 0 Å². The molecule has 12 nitrogen and oxygen atoms in total. The van der Waals surface area contributed by atoms with Crippen LogP contribution in [0, 0.1) is 0 Å². The number of rotatable bonds is 10. The summed E-state index contributed by atoms with van der Waals surface area (Å²) in [7, 11) is 0. The van der Waals surface area contributed by atoms with Crippen molar-refractivity contribution in [3.05, 3.63) is 0 Å². The number of nitrogens with one attached hydrogen (secondary N) is 2. The molecule has 157 valence electrons. The van der Waals surface area contributed by atoms with Crippen molar-refractivity contribution < 1.29 is 34.2 Å². The molecular weight excluding hydrogens is 441 g/mol. The molecule has 0 aromatic heterocycles. The third-order valence-corrected chi connectivity index (χ3v) is 4.92. The van der Waals surface area contributed by atoms with Gasteiger partial charge in [0.1, 0.15) is 0 Å². The van der Waals surface area contributed by atoms with E-state index in [0.717, 1.165) is 0 Å². The van der Waals surface area contributed by atoms with Gasteiger partial charge in [0.05, 0.1) is 0 Å². The molecule has 13 heteroatoms. The Hall–Kier alpha value is -2.21. The predicted octanol–water partition coefficient (Wildman–Crippen LogP) is -4.19. The molecular formula is C15H24N5O7Se. The maximum atomic E-state index is 12.5. The minimum absolute atomic E-state index is 0.280. The summed E-state index contributed by atoms with van der Waals surface area (Å²) in [5.41, 5.74) is 10.6. The number of hydrogen-bond acceptors (Lipinski definition) is 7. The first kappa shape index (κ1) is 23.8. The molecule has 1 aliphatic heterocycles. The van der Waals surface area contributed by atoms with E-state index < -0.39 is 66.8 Å². The van der Waals surface area contributed by atoms with Crippen LogP contribution >= 0.6 is 0 Å². The Morgan fingerprint density at radius 1 is 1.18 bits per heavy atom. The normalized spacial score (nSPS) is 19.4. The predicted molar refractivity (Wildman–Crippen MR) is 95.7 cm³/mol. The first-order chi connectivity index (χ1) is 13.1. The Balaban J connectivity index is 2.78. The van der Waals surface area contributed by atoms with E-state index >= 15 is 0 Å². The minimum atomic E-state index is -1.60. The van der Waals surface area contributed by atoms with Crippen molar-refractivity contribution in [3.63, 3.8) is 0 Å². The van der Waals surface area contributed by atoms with E-state index in [2.05, 4.69) is 21.3 Å². The molecule has 1 fully saturated rings. The topological polar surface area (TPSA) is 205 Å². The van der Waals surface area contributed by atoms with E-state index in [9.17, 15) is 29.1 Å². The molecule has 0 unspecified atom stereocenters. The number of primary amides is 1. The number of carbonyl (C=O) groups is 5. The van der Waals surface area contributed by atoms with Gasteiger partial charge in [-0.15, -0.1) is 0 Å². The van der Waals surface area contributed by atoms with Crippen molar-refractivity contribution in [1.29, 1.82) is 0 Å². The summed E-state index contributed by atoms with van der Waals surface area (Å²) in [5.74, 6) is -4.52. The molecule has 0 saturated carbocycles. The summed E-state index contributed by atoms with van der Waals surface area (Å²) in [4.78, 5) is 60.3. The fourth-order valence-corrected chi connectivity index (χ4v) is 3.02. The van der Waals surface area contributed by atoms with Crippen LogP contribution in [0.5, 0.6) is 0 Å². The first-order valence-corrected chi connectivity index (χ1v) is 9.70. The zero-order valence-corrected chi connectivity index (χ0v) is 16.7. The zero-order valence-electron chi connectivity index (χ0n) is 15.0. The van der Waals surface area contributed by atoms with Gasteiger partial charge in [-0.05, 0) is 0 Å². The van der Waals surface area contributed by atoms with Gasteiger partial charge in [-0.3, -0.25) is 4.79 Å². The second kappa shape index (κ2) is 11.0. The van der Waals surface area contributed by atoms with Gasteiger partial charge in [0, 0.05) is 0 Å². The Morgan fingerprint density at radius 3 is 2.32 bits per heavy atom. The number of likely N-dealkylation sites (tertiary alicyclic amines) is 1. The number of carboxylic acid groups (broad SMARTS) is 1. The van der Waals surface area contributed by atoms with E-state index in [-0.39, 0.29) is 5.32 Å². The molecule has 4 atom stereocenters. The molecule has 0 aromatic rings. The molecule has 1 saturated heterocycles. The summed E-state index contributed by atoms with van der Waals surface area (Å²) >= 11 is 2.65. The number of nitrogens with zero attached hydrogens (tertiary/aromatic N) is 1. The van der Waals surface area contributed by atoms with Gasteiger partial charge in [-0.1, -0.05) is 0 Å². The Labute approximate surface area is 169 Å². The quantitative estimate of drug-likeness (QED) is 0.174. The molecule has 0 aromatic carbocycles. The van der Waals surface area contributed by atoms with Gasteiger partial charge < -0.3 is 10.8 Å². The second-order valence-electron chi connectivity index (χ2n) is 6.28. The summed E-state index contributed by atoms with van der Waals surface area (Å²) in [6.45, 7) is -0.481. The van der Waals surface area contributed by atoms with Crippen molar-refractivity contribution >= 4 is 45.6 Å². The Kier molecular flexibility index (Phi) is 9.32. The molecule has 1 rings (SSSR count). The van der Waals surface area contributed by atoms with Gasteiger partial charge in [0.2, 0.25) is 5.91 Å². The number of nitrogens with two attached hydrogens (primary N) is 2. The molecule has 28 heavy (non-hydrogen) atoms. The number of aliphatic hydroxyl groups excluding tert-OH is 1. The van der Waals surface area contributed by atoms with Crippen molar-refractivity contribution in [3.8, 4) is 0 Å². The fourth-order valence-electron chi connectivity index (χ4n) is 2.72.